The van der Waals surface area contributed by atoms with Gasteiger partial charge < -0.3 is 20.1 Å². The zero-order chi connectivity index (χ0) is 31.1. The van der Waals surface area contributed by atoms with E-state index in [-0.39, 0.29) is 11.3 Å². The van der Waals surface area contributed by atoms with Crippen LogP contribution in [0.15, 0.2) is 59.7 Å². The molecular weight excluding hydrogens is 613 g/mol. The minimum Gasteiger partial charge on any atom is -0.480 e. The van der Waals surface area contributed by atoms with Gasteiger partial charge in [-0.05, 0) is 12.1 Å². The van der Waals surface area contributed by atoms with Gasteiger partial charge in [-0.2, -0.15) is 0 Å². The Hall–Kier alpha value is -4.25. The monoisotopic (exact) mass is 643 g/mol. The lowest BCUT2D eigenvalue weighted by atomic mass is 9.79. The maximum atomic E-state index is 11.7. The molecule has 2 fully saturated rings. The summed E-state index contributed by atoms with van der Waals surface area (Å²) in [6, 6.07) is 15.4. The number of ether oxygens (including phenoxy) is 2. The van der Waals surface area contributed by atoms with Gasteiger partial charge in [0, 0.05) is 66.8 Å². The molecular formula is C33H31Cl2N7O3. The van der Waals surface area contributed by atoms with Gasteiger partial charge in [-0.1, -0.05) is 59.6 Å². The van der Waals surface area contributed by atoms with E-state index in [1.54, 1.807) is 20.4 Å². The van der Waals surface area contributed by atoms with Crippen LogP contribution in [0.3, 0.4) is 0 Å². The molecule has 0 aliphatic carbocycles. The van der Waals surface area contributed by atoms with Gasteiger partial charge in [0.25, 0.3) is 0 Å². The Balaban J connectivity index is 1.16. The molecule has 12 heteroatoms. The molecule has 1 spiro atoms. The number of amidine groups is 1. The molecule has 0 radical (unpaired) electrons. The third-order valence-corrected chi connectivity index (χ3v) is 9.33. The number of carbonyl (C=O) groups excluding carboxylic acids is 1. The number of nitrogens with one attached hydrogen (secondary N) is 2. The van der Waals surface area contributed by atoms with Gasteiger partial charge in [0.15, 0.2) is 0 Å². The van der Waals surface area contributed by atoms with Crippen molar-refractivity contribution in [2.45, 2.75) is 13.0 Å². The molecule has 45 heavy (non-hydrogen) atoms. The number of pyridine rings is 1. The second-order valence-corrected chi connectivity index (χ2v) is 12.3. The molecule has 2 N–H and O–H groups in total. The number of benzene rings is 2. The lowest BCUT2D eigenvalue weighted by Crippen LogP contribution is -2.56. The quantitative estimate of drug-likeness (QED) is 0.280. The average molecular weight is 645 g/mol. The number of aromatic nitrogens is 3. The van der Waals surface area contributed by atoms with Crippen LogP contribution in [-0.2, 0) is 11.3 Å². The van der Waals surface area contributed by atoms with Crippen molar-refractivity contribution in [2.24, 2.45) is 10.4 Å². The zero-order valence-electron chi connectivity index (χ0n) is 24.9. The van der Waals surface area contributed by atoms with Crippen LogP contribution >= 0.6 is 23.2 Å². The summed E-state index contributed by atoms with van der Waals surface area (Å²) in [6.45, 7) is 4.51. The molecule has 0 saturated carbocycles. The summed E-state index contributed by atoms with van der Waals surface area (Å²) in [6.07, 6.45) is 2.30. The van der Waals surface area contributed by atoms with E-state index < -0.39 is 0 Å². The predicted octanol–water partition coefficient (Wildman–Crippen LogP) is 4.87. The number of rotatable bonds is 8. The number of likely N-dealkylation sites (tertiary alicyclic amines) is 1. The minimum atomic E-state index is 0.0397. The highest BCUT2D eigenvalue weighted by atomic mass is 35.5. The third kappa shape index (κ3) is 5.47. The first-order chi connectivity index (χ1) is 21.9. The van der Waals surface area contributed by atoms with Crippen LogP contribution in [0.5, 0.6) is 11.8 Å². The van der Waals surface area contributed by atoms with Crippen LogP contribution in [0.2, 0.25) is 10.0 Å². The summed E-state index contributed by atoms with van der Waals surface area (Å²) in [5.74, 6) is 1.81. The average Bonchev–Trinajstić information content (AvgIpc) is 3.72. The number of methoxy groups -OCH3 is 2. The summed E-state index contributed by atoms with van der Waals surface area (Å²) in [5.41, 5.74) is 5.81. The molecule has 1 amide bonds. The lowest BCUT2D eigenvalue weighted by molar-refractivity contribution is -0.120. The number of carbonyl (C=O) groups is 1. The van der Waals surface area contributed by atoms with Crippen molar-refractivity contribution in [2.75, 3.05) is 46.9 Å². The van der Waals surface area contributed by atoms with Gasteiger partial charge in [0.05, 0.1) is 54.0 Å². The lowest BCUT2D eigenvalue weighted by Gasteiger charge is -2.46. The highest BCUT2D eigenvalue weighted by molar-refractivity contribution is 6.39. The number of nitrogens with zero attached hydrogens (tertiary/aromatic N) is 5. The van der Waals surface area contributed by atoms with Crippen LogP contribution in [0.1, 0.15) is 17.7 Å². The third-order valence-electron chi connectivity index (χ3n) is 8.51. The first-order valence-electron chi connectivity index (χ1n) is 14.7. The Morgan fingerprint density at radius 3 is 2.13 bits per heavy atom. The van der Waals surface area contributed by atoms with E-state index in [4.69, 9.17) is 47.6 Å². The van der Waals surface area contributed by atoms with E-state index in [9.17, 15) is 4.79 Å². The summed E-state index contributed by atoms with van der Waals surface area (Å²) in [5, 5.41) is 7.22. The van der Waals surface area contributed by atoms with Gasteiger partial charge in [-0.3, -0.25) is 19.7 Å². The predicted molar refractivity (Wildman–Crippen MR) is 174 cm³/mol. The number of aliphatic imine (C=N–C) groups is 1. The maximum absolute atomic E-state index is 11.7. The summed E-state index contributed by atoms with van der Waals surface area (Å²) in [4.78, 5) is 32.7. The Morgan fingerprint density at radius 1 is 0.844 bits per heavy atom. The second-order valence-electron chi connectivity index (χ2n) is 11.6. The Bertz CT molecular complexity index is 1840. The highest BCUT2D eigenvalue weighted by Crippen LogP contribution is 2.43. The minimum absolute atomic E-state index is 0.0397. The molecule has 10 nitrogen and oxygen atoms in total. The fourth-order valence-corrected chi connectivity index (χ4v) is 7.03. The van der Waals surface area contributed by atoms with Crippen molar-refractivity contribution >= 4 is 34.9 Å². The molecule has 5 heterocycles. The summed E-state index contributed by atoms with van der Waals surface area (Å²) < 4.78 is 11.3. The van der Waals surface area contributed by atoms with Gasteiger partial charge >= 0.3 is 0 Å². The molecule has 2 aromatic carbocycles. The van der Waals surface area contributed by atoms with Crippen LogP contribution in [-0.4, -0.2) is 78.5 Å². The number of amides is 1. The molecule has 230 valence electrons. The first-order valence-corrected chi connectivity index (χ1v) is 15.4. The Labute approximate surface area is 270 Å². The van der Waals surface area contributed by atoms with Crippen molar-refractivity contribution in [1.82, 2.24) is 30.5 Å². The van der Waals surface area contributed by atoms with Crippen molar-refractivity contribution in [3.05, 3.63) is 76.0 Å². The second kappa shape index (κ2) is 11.9. The van der Waals surface area contributed by atoms with Crippen LogP contribution in [0.25, 0.3) is 33.6 Å². The van der Waals surface area contributed by atoms with E-state index in [1.807, 2.05) is 48.5 Å². The van der Waals surface area contributed by atoms with Crippen LogP contribution in [0, 0.1) is 5.41 Å². The number of hydrogen-bond donors (Lipinski definition) is 2. The van der Waals surface area contributed by atoms with E-state index >= 15 is 0 Å². The van der Waals surface area contributed by atoms with Crippen molar-refractivity contribution in [3.8, 4) is 45.4 Å². The topological polar surface area (TPSA) is 114 Å². The van der Waals surface area contributed by atoms with Crippen LogP contribution in [0.4, 0.5) is 0 Å². The van der Waals surface area contributed by atoms with Crippen molar-refractivity contribution < 1.29 is 14.3 Å². The maximum Gasteiger partial charge on any atom is 0.237 e. The Morgan fingerprint density at radius 2 is 1.51 bits per heavy atom. The summed E-state index contributed by atoms with van der Waals surface area (Å²) in [7, 11) is 3.18. The Kier molecular flexibility index (Phi) is 7.81. The van der Waals surface area contributed by atoms with E-state index in [0.29, 0.717) is 51.7 Å². The van der Waals surface area contributed by atoms with Crippen LogP contribution < -0.4 is 20.1 Å². The highest BCUT2D eigenvalue weighted by Gasteiger charge is 2.48. The van der Waals surface area contributed by atoms with E-state index in [0.717, 1.165) is 66.5 Å². The van der Waals surface area contributed by atoms with E-state index in [1.165, 1.54) is 0 Å². The molecule has 0 bridgehead atoms. The smallest absolute Gasteiger partial charge is 0.237 e. The van der Waals surface area contributed by atoms with Gasteiger partial charge in [-0.15, -0.1) is 0 Å². The molecule has 0 atom stereocenters. The molecule has 4 aromatic rings. The first kappa shape index (κ1) is 29.5. The molecule has 2 saturated heterocycles. The molecule has 7 rings (SSSR count). The van der Waals surface area contributed by atoms with Gasteiger partial charge in [0.2, 0.25) is 17.7 Å². The zero-order valence-corrected chi connectivity index (χ0v) is 26.4. The largest absolute Gasteiger partial charge is 0.480 e. The van der Waals surface area contributed by atoms with Gasteiger partial charge in [-0.25, -0.2) is 9.97 Å². The van der Waals surface area contributed by atoms with Crippen molar-refractivity contribution in [1.29, 1.82) is 0 Å². The number of hydrogen-bond acceptors (Lipinski definition) is 9. The molecule has 3 aliphatic heterocycles. The van der Waals surface area contributed by atoms with E-state index in [2.05, 4.69) is 20.5 Å². The van der Waals surface area contributed by atoms with Crippen molar-refractivity contribution in [3.63, 3.8) is 0 Å². The fraction of sp³-hybridized carbons (Fsp3) is 0.303. The molecule has 3 aliphatic rings. The molecule has 2 aromatic heterocycles. The SMILES string of the molecule is COc1nc(-c2cccc(-c3cccc(-c4cnc(CN5CC6(CNC(=O)C6)C5)c(OC)n4)c3Cl)c2Cl)ccc1C1=NCCN1. The standard InChI is InChI=1S/C33H31Cl2N7O3/c1-44-31-23(30-36-11-12-37-30)9-10-24(40-31)21-7-3-5-19(28(21)34)20-6-4-8-22(29(20)35)25-14-38-26(32(41-25)45-2)15-42-17-33(18-42)13-27(43)39-16-33/h3-10,14H,11-13,15-18H2,1-2H3,(H,36,37)(H,39,43). The van der Waals surface area contributed by atoms with Gasteiger partial charge in [0.1, 0.15) is 11.5 Å². The number of halogens is 2. The summed E-state index contributed by atoms with van der Waals surface area (Å²) >= 11 is 14.1. The molecule has 0 unspecified atom stereocenters. The normalized spacial score (nSPS) is 17.1. The fourth-order valence-electron chi connectivity index (χ4n) is 6.38.